The largest absolute Gasteiger partial charge is 0.497 e. The summed E-state index contributed by atoms with van der Waals surface area (Å²) >= 11 is 0. The van der Waals surface area contributed by atoms with Crippen LogP contribution in [0.1, 0.15) is 60.7 Å². The predicted octanol–water partition coefficient (Wildman–Crippen LogP) is 5.00. The van der Waals surface area contributed by atoms with Crippen molar-refractivity contribution in [2.75, 3.05) is 26.1 Å². The van der Waals surface area contributed by atoms with E-state index in [1.165, 1.54) is 7.11 Å². The number of benzene rings is 2. The number of ether oxygens (including phenoxy) is 2. The molecule has 0 spiro atoms. The van der Waals surface area contributed by atoms with Crippen LogP contribution in [0.3, 0.4) is 0 Å². The standard InChI is InChI=1S/C26H32N2O4/c1-25(2)13-19-14-26(3,15-25)16-28(19)24(30)17-6-8-18(9-7-17)27-23(29)21-11-10-20(31-4)12-22(21)32-5/h6-12,19H,13-16H2,1-5H3,(H,27,29). The van der Waals surface area contributed by atoms with Gasteiger partial charge < -0.3 is 19.7 Å². The van der Waals surface area contributed by atoms with Crippen LogP contribution in [-0.2, 0) is 0 Å². The molecule has 2 aliphatic rings. The van der Waals surface area contributed by atoms with Gasteiger partial charge in [-0.1, -0.05) is 20.8 Å². The van der Waals surface area contributed by atoms with Gasteiger partial charge in [-0.3, -0.25) is 9.59 Å². The van der Waals surface area contributed by atoms with Crippen molar-refractivity contribution in [2.24, 2.45) is 10.8 Å². The summed E-state index contributed by atoms with van der Waals surface area (Å²) in [4.78, 5) is 28.0. The molecule has 1 aliphatic heterocycles. The molecule has 1 N–H and O–H groups in total. The second kappa shape index (κ2) is 8.15. The molecule has 2 aromatic carbocycles. The third-order valence-corrected chi connectivity index (χ3v) is 6.72. The van der Waals surface area contributed by atoms with E-state index in [9.17, 15) is 9.59 Å². The number of nitrogens with zero attached hydrogens (tertiary/aromatic N) is 1. The van der Waals surface area contributed by atoms with Crippen molar-refractivity contribution in [3.63, 3.8) is 0 Å². The summed E-state index contributed by atoms with van der Waals surface area (Å²) in [6.07, 6.45) is 3.28. The lowest BCUT2D eigenvalue weighted by atomic mass is 9.65. The van der Waals surface area contributed by atoms with Crippen LogP contribution in [0.25, 0.3) is 0 Å². The Balaban J connectivity index is 1.46. The number of anilines is 1. The summed E-state index contributed by atoms with van der Waals surface area (Å²) in [7, 11) is 3.08. The number of likely N-dealkylation sites (tertiary alicyclic amines) is 1. The summed E-state index contributed by atoms with van der Waals surface area (Å²) in [5.41, 5.74) is 2.15. The number of hydrogen-bond acceptors (Lipinski definition) is 4. The van der Waals surface area contributed by atoms with Gasteiger partial charge in [0.25, 0.3) is 11.8 Å². The Labute approximate surface area is 189 Å². The maximum atomic E-state index is 13.3. The summed E-state index contributed by atoms with van der Waals surface area (Å²) in [5, 5.41) is 2.88. The van der Waals surface area contributed by atoms with Gasteiger partial charge >= 0.3 is 0 Å². The molecule has 1 heterocycles. The average molecular weight is 437 g/mol. The Kier molecular flexibility index (Phi) is 5.65. The van der Waals surface area contributed by atoms with Crippen molar-refractivity contribution in [2.45, 2.75) is 46.1 Å². The van der Waals surface area contributed by atoms with E-state index in [2.05, 4.69) is 31.0 Å². The fourth-order valence-corrected chi connectivity index (χ4v) is 5.74. The quantitative estimate of drug-likeness (QED) is 0.716. The minimum Gasteiger partial charge on any atom is -0.497 e. The third kappa shape index (κ3) is 4.31. The second-order valence-electron chi connectivity index (χ2n) is 10.2. The number of nitrogens with one attached hydrogen (secondary N) is 1. The molecule has 170 valence electrons. The number of fused-ring (bicyclic) bond motifs is 2. The Morgan fingerprint density at radius 2 is 1.72 bits per heavy atom. The predicted molar refractivity (Wildman–Crippen MR) is 125 cm³/mol. The van der Waals surface area contributed by atoms with Crippen molar-refractivity contribution in [3.05, 3.63) is 53.6 Å². The molecule has 4 rings (SSSR count). The van der Waals surface area contributed by atoms with E-state index < -0.39 is 0 Å². The number of methoxy groups -OCH3 is 2. The highest BCUT2D eigenvalue weighted by atomic mass is 16.5. The summed E-state index contributed by atoms with van der Waals surface area (Å²) in [5.74, 6) is 0.841. The van der Waals surface area contributed by atoms with Gasteiger partial charge in [0.1, 0.15) is 11.5 Å². The summed E-state index contributed by atoms with van der Waals surface area (Å²) in [6, 6.07) is 12.5. The maximum Gasteiger partial charge on any atom is 0.259 e. The maximum absolute atomic E-state index is 13.3. The van der Waals surface area contributed by atoms with Crippen molar-refractivity contribution in [1.29, 1.82) is 0 Å². The molecule has 32 heavy (non-hydrogen) atoms. The van der Waals surface area contributed by atoms with Gasteiger partial charge in [0.05, 0.1) is 19.8 Å². The highest BCUT2D eigenvalue weighted by molar-refractivity contribution is 6.06. The first-order valence-corrected chi connectivity index (χ1v) is 11.1. The van der Waals surface area contributed by atoms with E-state index in [4.69, 9.17) is 9.47 Å². The lowest BCUT2D eigenvalue weighted by Gasteiger charge is -2.39. The Morgan fingerprint density at radius 1 is 1.00 bits per heavy atom. The molecule has 2 fully saturated rings. The molecule has 2 amide bonds. The van der Waals surface area contributed by atoms with Crippen molar-refractivity contribution in [3.8, 4) is 11.5 Å². The van der Waals surface area contributed by atoms with Gasteiger partial charge in [0, 0.05) is 29.9 Å². The molecule has 1 saturated carbocycles. The fourth-order valence-electron chi connectivity index (χ4n) is 5.74. The monoisotopic (exact) mass is 436 g/mol. The van der Waals surface area contributed by atoms with Crippen LogP contribution in [0.15, 0.2) is 42.5 Å². The van der Waals surface area contributed by atoms with Gasteiger partial charge in [0.2, 0.25) is 0 Å². The molecule has 0 aromatic heterocycles. The smallest absolute Gasteiger partial charge is 0.259 e. The van der Waals surface area contributed by atoms with Gasteiger partial charge in [-0.25, -0.2) is 0 Å². The minimum absolute atomic E-state index is 0.0751. The van der Waals surface area contributed by atoms with Crippen LogP contribution in [0.5, 0.6) is 11.5 Å². The van der Waals surface area contributed by atoms with Crippen molar-refractivity contribution >= 4 is 17.5 Å². The van der Waals surface area contributed by atoms with E-state index in [0.717, 1.165) is 25.8 Å². The van der Waals surface area contributed by atoms with E-state index in [1.54, 1.807) is 49.6 Å². The van der Waals surface area contributed by atoms with Crippen molar-refractivity contribution in [1.82, 2.24) is 4.90 Å². The Morgan fingerprint density at radius 3 is 2.38 bits per heavy atom. The first-order chi connectivity index (χ1) is 15.1. The Hall–Kier alpha value is -3.02. The molecule has 2 unspecified atom stereocenters. The number of carbonyl (C=O) groups excluding carboxylic acids is 2. The average Bonchev–Trinajstić information content (AvgIpc) is 3.01. The van der Waals surface area contributed by atoms with Gasteiger partial charge in [-0.05, 0) is 66.5 Å². The SMILES string of the molecule is COc1ccc(C(=O)Nc2ccc(C(=O)N3CC4(C)CC3CC(C)(C)C4)cc2)c(OC)c1. The summed E-state index contributed by atoms with van der Waals surface area (Å²) < 4.78 is 10.5. The number of hydrogen-bond donors (Lipinski definition) is 1. The lowest BCUT2D eigenvalue weighted by molar-refractivity contribution is 0.0708. The third-order valence-electron chi connectivity index (χ3n) is 6.72. The molecule has 2 aromatic rings. The number of carbonyl (C=O) groups is 2. The van der Waals surface area contributed by atoms with Crippen molar-refractivity contribution < 1.29 is 19.1 Å². The Bertz CT molecular complexity index is 1030. The van der Waals surface area contributed by atoms with Gasteiger partial charge in [-0.15, -0.1) is 0 Å². The summed E-state index contributed by atoms with van der Waals surface area (Å²) in [6.45, 7) is 7.73. The highest BCUT2D eigenvalue weighted by Gasteiger charge is 2.51. The molecule has 6 heteroatoms. The zero-order chi connectivity index (χ0) is 23.1. The zero-order valence-corrected chi connectivity index (χ0v) is 19.5. The normalized spacial score (nSPS) is 23.5. The molecule has 0 radical (unpaired) electrons. The van der Waals surface area contributed by atoms with E-state index in [1.807, 2.05) is 0 Å². The van der Waals surface area contributed by atoms with Crippen LogP contribution in [0, 0.1) is 10.8 Å². The number of rotatable bonds is 5. The van der Waals surface area contributed by atoms with Crippen LogP contribution in [0.4, 0.5) is 5.69 Å². The van der Waals surface area contributed by atoms with Gasteiger partial charge in [0.15, 0.2) is 0 Å². The minimum atomic E-state index is -0.285. The second-order valence-corrected chi connectivity index (χ2v) is 10.2. The van der Waals surface area contributed by atoms with Gasteiger partial charge in [-0.2, -0.15) is 0 Å². The number of amides is 2. The van der Waals surface area contributed by atoms with E-state index >= 15 is 0 Å². The highest BCUT2D eigenvalue weighted by Crippen LogP contribution is 2.52. The molecular formula is C26H32N2O4. The first kappa shape index (κ1) is 22.2. The first-order valence-electron chi connectivity index (χ1n) is 11.1. The van der Waals surface area contributed by atoms with Crippen LogP contribution in [-0.4, -0.2) is 43.5 Å². The molecular weight excluding hydrogens is 404 g/mol. The molecule has 1 aliphatic carbocycles. The van der Waals surface area contributed by atoms with E-state index in [0.29, 0.717) is 34.4 Å². The van der Waals surface area contributed by atoms with Crippen LogP contribution in [0.2, 0.25) is 0 Å². The topological polar surface area (TPSA) is 67.9 Å². The fraction of sp³-hybridized carbons (Fsp3) is 0.462. The molecule has 1 saturated heterocycles. The lowest BCUT2D eigenvalue weighted by Crippen LogP contribution is -2.37. The molecule has 6 nitrogen and oxygen atoms in total. The van der Waals surface area contributed by atoms with E-state index in [-0.39, 0.29) is 22.6 Å². The zero-order valence-electron chi connectivity index (χ0n) is 19.5. The molecule has 2 bridgehead atoms. The van der Waals surface area contributed by atoms with Crippen LogP contribution < -0.4 is 14.8 Å². The molecule has 2 atom stereocenters. The van der Waals surface area contributed by atoms with Crippen LogP contribution >= 0.6 is 0 Å².